The fraction of sp³-hybridized carbons (Fsp3) is 0.458. The highest BCUT2D eigenvalue weighted by atomic mass is 16.5. The van der Waals surface area contributed by atoms with Crippen LogP contribution in [0, 0.1) is 0 Å². The molecule has 1 aromatic rings. The third-order valence-electron chi connectivity index (χ3n) is 4.94. The van der Waals surface area contributed by atoms with Crippen LogP contribution < -0.4 is 15.8 Å². The Morgan fingerprint density at radius 2 is 1.83 bits per heavy atom. The zero-order valence-electron chi connectivity index (χ0n) is 17.7. The topological polar surface area (TPSA) is 73.6 Å². The SMILES string of the molecule is CCC1=CC=CC(C(=O)NCc2ccc(OCCCCCCOC)cc2)=C(N)C1. The van der Waals surface area contributed by atoms with E-state index in [9.17, 15) is 4.79 Å². The highest BCUT2D eigenvalue weighted by molar-refractivity contribution is 5.97. The molecule has 1 amide bonds. The van der Waals surface area contributed by atoms with Crippen molar-refractivity contribution in [2.24, 2.45) is 5.73 Å². The predicted molar refractivity (Wildman–Crippen MR) is 117 cm³/mol. The second-order valence-corrected chi connectivity index (χ2v) is 7.24. The average molecular weight is 399 g/mol. The number of hydrogen-bond donors (Lipinski definition) is 2. The number of benzene rings is 1. The van der Waals surface area contributed by atoms with Crippen LogP contribution in [0.1, 0.15) is 51.0 Å². The van der Waals surface area contributed by atoms with E-state index in [0.29, 0.717) is 24.2 Å². The maximum Gasteiger partial charge on any atom is 0.253 e. The number of rotatable bonds is 12. The van der Waals surface area contributed by atoms with Crippen LogP contribution in [0.2, 0.25) is 0 Å². The molecule has 2 rings (SSSR count). The quantitative estimate of drug-likeness (QED) is 0.512. The highest BCUT2D eigenvalue weighted by Gasteiger charge is 2.13. The van der Waals surface area contributed by atoms with Crippen LogP contribution in [-0.2, 0) is 16.1 Å². The normalized spacial score (nSPS) is 13.8. The van der Waals surface area contributed by atoms with Gasteiger partial charge in [0.25, 0.3) is 5.91 Å². The van der Waals surface area contributed by atoms with Crippen molar-refractivity contribution in [1.82, 2.24) is 5.32 Å². The Bertz CT molecular complexity index is 733. The van der Waals surface area contributed by atoms with Gasteiger partial charge in [-0.3, -0.25) is 4.79 Å². The lowest BCUT2D eigenvalue weighted by atomic mass is 10.1. The number of hydrogen-bond acceptors (Lipinski definition) is 4. The van der Waals surface area contributed by atoms with Crippen molar-refractivity contribution < 1.29 is 14.3 Å². The molecule has 0 radical (unpaired) electrons. The summed E-state index contributed by atoms with van der Waals surface area (Å²) in [5.74, 6) is 0.715. The van der Waals surface area contributed by atoms with Crippen LogP contribution in [-0.4, -0.2) is 26.2 Å². The monoisotopic (exact) mass is 398 g/mol. The van der Waals surface area contributed by atoms with Gasteiger partial charge < -0.3 is 20.5 Å². The second-order valence-electron chi connectivity index (χ2n) is 7.24. The van der Waals surface area contributed by atoms with E-state index in [1.54, 1.807) is 13.2 Å². The first-order chi connectivity index (χ1) is 14.1. The van der Waals surface area contributed by atoms with Gasteiger partial charge in [0.2, 0.25) is 0 Å². The van der Waals surface area contributed by atoms with Gasteiger partial charge in [0.05, 0.1) is 12.2 Å². The molecule has 0 heterocycles. The Balaban J connectivity index is 1.74. The minimum absolute atomic E-state index is 0.140. The van der Waals surface area contributed by atoms with Gasteiger partial charge in [-0.25, -0.2) is 0 Å². The van der Waals surface area contributed by atoms with E-state index in [2.05, 4.69) is 12.2 Å². The molecule has 0 spiro atoms. The van der Waals surface area contributed by atoms with E-state index < -0.39 is 0 Å². The molecule has 0 aliphatic heterocycles. The maximum atomic E-state index is 12.5. The summed E-state index contributed by atoms with van der Waals surface area (Å²) in [6.45, 7) is 4.10. The van der Waals surface area contributed by atoms with Gasteiger partial charge in [-0.15, -0.1) is 0 Å². The van der Waals surface area contributed by atoms with Gasteiger partial charge in [-0.05, 0) is 49.5 Å². The Hall–Kier alpha value is -2.53. The largest absolute Gasteiger partial charge is 0.494 e. The Labute approximate surface area is 174 Å². The molecule has 0 bridgehead atoms. The van der Waals surface area contributed by atoms with Crippen molar-refractivity contribution in [2.75, 3.05) is 20.3 Å². The van der Waals surface area contributed by atoms with E-state index >= 15 is 0 Å². The first-order valence-corrected chi connectivity index (χ1v) is 10.5. The summed E-state index contributed by atoms with van der Waals surface area (Å²) in [7, 11) is 1.73. The van der Waals surface area contributed by atoms with E-state index in [1.807, 2.05) is 36.4 Å². The third-order valence-corrected chi connectivity index (χ3v) is 4.94. The minimum Gasteiger partial charge on any atom is -0.494 e. The molecule has 5 heteroatoms. The van der Waals surface area contributed by atoms with Crippen LogP contribution in [0.15, 0.2) is 59.3 Å². The fourth-order valence-corrected chi connectivity index (χ4v) is 3.12. The average Bonchev–Trinajstić information content (AvgIpc) is 2.93. The lowest BCUT2D eigenvalue weighted by Crippen LogP contribution is -2.26. The van der Waals surface area contributed by atoms with Crippen molar-refractivity contribution in [3.63, 3.8) is 0 Å². The summed E-state index contributed by atoms with van der Waals surface area (Å²) in [6, 6.07) is 7.85. The lowest BCUT2D eigenvalue weighted by molar-refractivity contribution is -0.117. The number of amides is 1. The van der Waals surface area contributed by atoms with Gasteiger partial charge in [0.15, 0.2) is 0 Å². The molecule has 0 saturated carbocycles. The fourth-order valence-electron chi connectivity index (χ4n) is 3.12. The molecule has 1 aliphatic carbocycles. The number of carbonyl (C=O) groups is 1. The molecule has 1 aromatic carbocycles. The number of methoxy groups -OCH3 is 1. The minimum atomic E-state index is -0.140. The molecule has 0 atom stereocenters. The summed E-state index contributed by atoms with van der Waals surface area (Å²) in [4.78, 5) is 12.5. The van der Waals surface area contributed by atoms with Crippen molar-refractivity contribution in [3.05, 3.63) is 64.9 Å². The van der Waals surface area contributed by atoms with Gasteiger partial charge in [0, 0.05) is 32.4 Å². The third kappa shape index (κ3) is 8.16. The molecule has 29 heavy (non-hydrogen) atoms. The molecular weight excluding hydrogens is 364 g/mol. The number of unbranched alkanes of at least 4 members (excludes halogenated alkanes) is 3. The maximum absolute atomic E-state index is 12.5. The molecule has 0 unspecified atom stereocenters. The van der Waals surface area contributed by atoms with Crippen LogP contribution in [0.25, 0.3) is 0 Å². The molecule has 5 nitrogen and oxygen atoms in total. The van der Waals surface area contributed by atoms with E-state index in [-0.39, 0.29) is 5.91 Å². The lowest BCUT2D eigenvalue weighted by Gasteiger charge is -2.10. The highest BCUT2D eigenvalue weighted by Crippen LogP contribution is 2.19. The van der Waals surface area contributed by atoms with Gasteiger partial charge in [0.1, 0.15) is 5.75 Å². The first-order valence-electron chi connectivity index (χ1n) is 10.5. The van der Waals surface area contributed by atoms with Gasteiger partial charge >= 0.3 is 0 Å². The number of allylic oxidation sites excluding steroid dienone is 3. The van der Waals surface area contributed by atoms with Crippen molar-refractivity contribution >= 4 is 5.91 Å². The zero-order chi connectivity index (χ0) is 20.9. The molecule has 0 fully saturated rings. The van der Waals surface area contributed by atoms with Crippen LogP contribution in [0.4, 0.5) is 0 Å². The Morgan fingerprint density at radius 1 is 1.10 bits per heavy atom. The number of carbonyl (C=O) groups excluding carboxylic acids is 1. The molecule has 3 N–H and O–H groups in total. The summed E-state index contributed by atoms with van der Waals surface area (Å²) in [5, 5.41) is 2.95. The van der Waals surface area contributed by atoms with E-state index in [1.165, 1.54) is 12.0 Å². The number of nitrogens with two attached hydrogens (primary N) is 1. The molecule has 0 aromatic heterocycles. The summed E-state index contributed by atoms with van der Waals surface area (Å²) >= 11 is 0. The Kier molecular flexibility index (Phi) is 10.1. The number of nitrogens with one attached hydrogen (secondary N) is 1. The van der Waals surface area contributed by atoms with Crippen molar-refractivity contribution in [3.8, 4) is 5.75 Å². The van der Waals surface area contributed by atoms with Gasteiger partial charge in [-0.1, -0.05) is 43.2 Å². The second kappa shape index (κ2) is 12.8. The summed E-state index contributed by atoms with van der Waals surface area (Å²) < 4.78 is 10.8. The summed E-state index contributed by atoms with van der Waals surface area (Å²) in [6.07, 6.45) is 11.8. The van der Waals surface area contributed by atoms with E-state index in [0.717, 1.165) is 50.2 Å². The smallest absolute Gasteiger partial charge is 0.253 e. The zero-order valence-corrected chi connectivity index (χ0v) is 17.7. The van der Waals surface area contributed by atoms with Gasteiger partial charge in [-0.2, -0.15) is 0 Å². The van der Waals surface area contributed by atoms with Crippen LogP contribution >= 0.6 is 0 Å². The van der Waals surface area contributed by atoms with Crippen molar-refractivity contribution in [1.29, 1.82) is 0 Å². The summed E-state index contributed by atoms with van der Waals surface area (Å²) in [5.41, 5.74) is 9.55. The Morgan fingerprint density at radius 3 is 2.52 bits per heavy atom. The first kappa shape index (κ1) is 22.8. The molecule has 0 saturated heterocycles. The molecule has 1 aliphatic rings. The standard InChI is InChI=1S/C24H34N2O3/c1-3-19-9-8-10-22(23(25)17-19)24(27)26-18-20-11-13-21(14-12-20)29-16-7-5-4-6-15-28-2/h8-14H,3-7,15-18,25H2,1-2H3,(H,26,27). The van der Waals surface area contributed by atoms with Crippen LogP contribution in [0.5, 0.6) is 5.75 Å². The van der Waals surface area contributed by atoms with Crippen LogP contribution in [0.3, 0.4) is 0 Å². The molecule has 158 valence electrons. The number of ether oxygens (including phenoxy) is 2. The predicted octanol–water partition coefficient (Wildman–Crippen LogP) is 4.40. The van der Waals surface area contributed by atoms with Crippen molar-refractivity contribution in [2.45, 2.75) is 52.0 Å². The van der Waals surface area contributed by atoms with E-state index in [4.69, 9.17) is 15.2 Å². The molecular formula is C24H34N2O3.